The minimum Gasteiger partial charge on any atom is -0.352 e. The second-order valence-electron chi connectivity index (χ2n) is 7.73. The van der Waals surface area contributed by atoms with Crippen molar-refractivity contribution in [3.63, 3.8) is 0 Å². The number of thiazole rings is 1. The molecule has 3 rings (SSSR count). The summed E-state index contributed by atoms with van der Waals surface area (Å²) < 4.78 is 2.04. The van der Waals surface area contributed by atoms with Crippen molar-refractivity contribution in [2.24, 2.45) is 4.99 Å². The van der Waals surface area contributed by atoms with E-state index < -0.39 is 0 Å². The number of aryl methyl sites for hydroxylation is 2. The molecule has 0 fully saturated rings. The fraction of sp³-hybridized carbons (Fsp3) is 0.684. The minimum absolute atomic E-state index is 0.301. The normalized spacial score (nSPS) is 17.5. The van der Waals surface area contributed by atoms with Crippen LogP contribution in [-0.2, 0) is 19.5 Å². The number of rotatable bonds is 5. The van der Waals surface area contributed by atoms with Crippen LogP contribution in [0.4, 0.5) is 0 Å². The molecule has 1 atom stereocenters. The number of guanidine groups is 1. The van der Waals surface area contributed by atoms with E-state index in [2.05, 4.69) is 60.3 Å². The summed E-state index contributed by atoms with van der Waals surface area (Å²) >= 11 is 1.76. The van der Waals surface area contributed by atoms with E-state index in [1.54, 1.807) is 11.3 Å². The molecule has 1 aliphatic heterocycles. The van der Waals surface area contributed by atoms with Crippen LogP contribution in [0.3, 0.4) is 0 Å². The highest BCUT2D eigenvalue weighted by molar-refractivity contribution is 7.11. The fourth-order valence-corrected chi connectivity index (χ4v) is 4.34. The van der Waals surface area contributed by atoms with Crippen molar-refractivity contribution < 1.29 is 0 Å². The van der Waals surface area contributed by atoms with Gasteiger partial charge in [0.1, 0.15) is 10.8 Å². The van der Waals surface area contributed by atoms with E-state index in [0.717, 1.165) is 42.0 Å². The Kier molecular flexibility index (Phi) is 6.14. The van der Waals surface area contributed by atoms with Crippen LogP contribution in [0.1, 0.15) is 73.2 Å². The number of aliphatic imine (C=N–C) groups is 1. The molecule has 2 aromatic heterocycles. The quantitative estimate of drug-likeness (QED) is 0.607. The van der Waals surface area contributed by atoms with Gasteiger partial charge in [-0.15, -0.1) is 11.3 Å². The average Bonchev–Trinajstić information content (AvgIpc) is 3.21. The van der Waals surface area contributed by atoms with Gasteiger partial charge in [-0.25, -0.2) is 14.6 Å². The molecule has 1 unspecified atom stereocenters. The number of nitrogens with one attached hydrogen (secondary N) is 2. The number of fused-ring (bicyclic) bond motifs is 1. The van der Waals surface area contributed by atoms with Crippen LogP contribution < -0.4 is 10.6 Å². The van der Waals surface area contributed by atoms with Gasteiger partial charge in [-0.3, -0.25) is 4.99 Å². The number of aromatic nitrogens is 4. The van der Waals surface area contributed by atoms with Crippen LogP contribution in [-0.4, -0.2) is 38.8 Å². The first-order chi connectivity index (χ1) is 12.9. The molecule has 1 aliphatic rings. The van der Waals surface area contributed by atoms with Crippen molar-refractivity contribution >= 4 is 17.3 Å². The number of hydrogen-bond donors (Lipinski definition) is 2. The van der Waals surface area contributed by atoms with Crippen molar-refractivity contribution in [3.8, 4) is 0 Å². The van der Waals surface area contributed by atoms with Crippen molar-refractivity contribution in [1.82, 2.24) is 30.4 Å². The van der Waals surface area contributed by atoms with Crippen LogP contribution in [0, 0.1) is 6.92 Å². The molecular formula is C19H31N7S. The van der Waals surface area contributed by atoms with Gasteiger partial charge in [0, 0.05) is 30.3 Å². The monoisotopic (exact) mass is 389 g/mol. The summed E-state index contributed by atoms with van der Waals surface area (Å²) in [5.74, 6) is 3.67. The molecule has 0 bridgehead atoms. The summed E-state index contributed by atoms with van der Waals surface area (Å²) in [6.45, 7) is 12.3. The molecule has 0 radical (unpaired) electrons. The second-order valence-corrected chi connectivity index (χ2v) is 9.02. The smallest absolute Gasteiger partial charge is 0.191 e. The molecule has 2 aromatic rings. The van der Waals surface area contributed by atoms with Crippen molar-refractivity contribution in [1.29, 1.82) is 0 Å². The molecule has 0 aromatic carbocycles. The molecule has 27 heavy (non-hydrogen) atoms. The van der Waals surface area contributed by atoms with Crippen LogP contribution in [0.25, 0.3) is 0 Å². The standard InChI is InChI=1S/C19H31N7S/c1-11(2)17-13(5)27-16(24-17)9-21-19(20-6)22-14-7-8-15-23-18(12(3)4)25-26(15)10-14/h11-12,14H,7-10H2,1-6H3,(H2,20,21,22). The topological polar surface area (TPSA) is 80.0 Å². The van der Waals surface area contributed by atoms with Crippen LogP contribution >= 0.6 is 11.3 Å². The van der Waals surface area contributed by atoms with Gasteiger partial charge in [0.25, 0.3) is 0 Å². The summed E-state index contributed by atoms with van der Waals surface area (Å²) in [6.07, 6.45) is 1.97. The highest BCUT2D eigenvalue weighted by Gasteiger charge is 2.23. The van der Waals surface area contributed by atoms with Gasteiger partial charge in [0.15, 0.2) is 11.8 Å². The molecule has 0 saturated heterocycles. The molecule has 2 N–H and O–H groups in total. The van der Waals surface area contributed by atoms with E-state index in [1.165, 1.54) is 10.6 Å². The second kappa shape index (κ2) is 8.37. The van der Waals surface area contributed by atoms with Gasteiger partial charge >= 0.3 is 0 Å². The number of nitrogens with zero attached hydrogens (tertiary/aromatic N) is 5. The Morgan fingerprint density at radius 2 is 2.04 bits per heavy atom. The van der Waals surface area contributed by atoms with Crippen LogP contribution in [0.2, 0.25) is 0 Å². The Balaban J connectivity index is 1.57. The summed E-state index contributed by atoms with van der Waals surface area (Å²) in [5, 5.41) is 12.7. The molecule has 3 heterocycles. The number of hydrogen-bond acceptors (Lipinski definition) is 5. The molecule has 148 valence electrons. The van der Waals surface area contributed by atoms with Crippen molar-refractivity contribution in [2.45, 2.75) is 78.4 Å². The summed E-state index contributed by atoms with van der Waals surface area (Å²) in [7, 11) is 1.81. The van der Waals surface area contributed by atoms with Gasteiger partial charge in [-0.1, -0.05) is 27.7 Å². The highest BCUT2D eigenvalue weighted by atomic mass is 32.1. The molecule has 8 heteroatoms. The molecular weight excluding hydrogens is 358 g/mol. The van der Waals surface area contributed by atoms with Gasteiger partial charge in [-0.2, -0.15) is 5.10 Å². The summed E-state index contributed by atoms with van der Waals surface area (Å²) in [4.78, 5) is 15.1. The third kappa shape index (κ3) is 4.66. The maximum absolute atomic E-state index is 4.76. The Hall–Kier alpha value is -1.96. The highest BCUT2D eigenvalue weighted by Crippen LogP contribution is 2.24. The summed E-state index contributed by atoms with van der Waals surface area (Å²) in [6, 6.07) is 0.301. The predicted molar refractivity (Wildman–Crippen MR) is 110 cm³/mol. The third-order valence-electron chi connectivity index (χ3n) is 4.79. The molecule has 0 amide bonds. The Bertz CT molecular complexity index is 803. The maximum Gasteiger partial charge on any atom is 0.191 e. The van der Waals surface area contributed by atoms with Crippen molar-refractivity contribution in [3.05, 3.63) is 27.2 Å². The van der Waals surface area contributed by atoms with E-state index in [-0.39, 0.29) is 0 Å². The molecule has 7 nitrogen and oxygen atoms in total. The lowest BCUT2D eigenvalue weighted by atomic mass is 10.1. The van der Waals surface area contributed by atoms with E-state index in [9.17, 15) is 0 Å². The maximum atomic E-state index is 4.76. The third-order valence-corrected chi connectivity index (χ3v) is 5.77. The van der Waals surface area contributed by atoms with Crippen molar-refractivity contribution in [2.75, 3.05) is 7.05 Å². The zero-order valence-electron chi connectivity index (χ0n) is 17.2. The fourth-order valence-electron chi connectivity index (χ4n) is 3.31. The van der Waals surface area contributed by atoms with Gasteiger partial charge in [-0.05, 0) is 19.3 Å². The lowest BCUT2D eigenvalue weighted by Crippen LogP contribution is -2.46. The van der Waals surface area contributed by atoms with Gasteiger partial charge in [0.2, 0.25) is 0 Å². The lowest BCUT2D eigenvalue weighted by Gasteiger charge is -2.25. The van der Waals surface area contributed by atoms with Crippen LogP contribution in [0.15, 0.2) is 4.99 Å². The molecule has 0 spiro atoms. The zero-order valence-corrected chi connectivity index (χ0v) is 18.0. The van der Waals surface area contributed by atoms with E-state index in [0.29, 0.717) is 24.4 Å². The van der Waals surface area contributed by atoms with E-state index in [1.807, 2.05) is 11.7 Å². The largest absolute Gasteiger partial charge is 0.352 e. The first-order valence-corrected chi connectivity index (χ1v) is 10.6. The van der Waals surface area contributed by atoms with Crippen LogP contribution in [0.5, 0.6) is 0 Å². The molecule has 0 aliphatic carbocycles. The Labute approximate surface area is 165 Å². The minimum atomic E-state index is 0.301. The van der Waals surface area contributed by atoms with E-state index >= 15 is 0 Å². The average molecular weight is 390 g/mol. The molecule has 0 saturated carbocycles. The Morgan fingerprint density at radius 1 is 1.26 bits per heavy atom. The first-order valence-electron chi connectivity index (χ1n) is 9.74. The summed E-state index contributed by atoms with van der Waals surface area (Å²) in [5.41, 5.74) is 1.20. The van der Waals surface area contributed by atoms with Gasteiger partial charge in [0.05, 0.1) is 18.8 Å². The Morgan fingerprint density at radius 3 is 2.67 bits per heavy atom. The predicted octanol–water partition coefficient (Wildman–Crippen LogP) is 2.97. The van der Waals surface area contributed by atoms with E-state index in [4.69, 9.17) is 4.98 Å². The van der Waals surface area contributed by atoms with Gasteiger partial charge < -0.3 is 10.6 Å². The first kappa shape index (κ1) is 19.8. The zero-order chi connectivity index (χ0) is 19.6. The SMILES string of the molecule is CN=C(NCc1nc(C(C)C)c(C)s1)NC1CCc2nc(C(C)C)nn2C1. The lowest BCUT2D eigenvalue weighted by molar-refractivity contribution is 0.391.